The lowest BCUT2D eigenvalue weighted by molar-refractivity contribution is -0.124. The maximum absolute atomic E-state index is 12.6. The second-order valence-electron chi connectivity index (χ2n) is 5.56. The minimum Gasteiger partial charge on any atom is -0.384 e. The molecule has 1 atom stereocenters. The van der Waals surface area contributed by atoms with E-state index in [1.807, 2.05) is 13.8 Å². The van der Waals surface area contributed by atoms with Crippen molar-refractivity contribution in [3.63, 3.8) is 0 Å². The van der Waals surface area contributed by atoms with E-state index in [0.717, 1.165) is 0 Å². The fourth-order valence-corrected chi connectivity index (χ4v) is 2.56. The lowest BCUT2D eigenvalue weighted by Gasteiger charge is -2.24. The van der Waals surface area contributed by atoms with Crippen molar-refractivity contribution in [2.24, 2.45) is 0 Å². The van der Waals surface area contributed by atoms with Crippen LogP contribution >= 0.6 is 23.2 Å². The van der Waals surface area contributed by atoms with Crippen LogP contribution in [0.2, 0.25) is 10.0 Å². The van der Waals surface area contributed by atoms with Gasteiger partial charge in [0.25, 0.3) is 0 Å². The SMILES string of the molecule is COCC#CC(C)(C)NC(=O)C(COC)c1cc(Cl)cc(Cl)c1. The zero-order valence-electron chi connectivity index (χ0n) is 13.7. The molecule has 0 saturated carbocycles. The van der Waals surface area contributed by atoms with Gasteiger partial charge in [0, 0.05) is 24.3 Å². The first kappa shape index (κ1) is 19.8. The molecule has 0 saturated heterocycles. The van der Waals surface area contributed by atoms with E-state index in [1.54, 1.807) is 25.3 Å². The molecule has 0 aromatic heterocycles. The van der Waals surface area contributed by atoms with Crippen molar-refractivity contribution in [3.8, 4) is 11.8 Å². The minimum atomic E-state index is -0.691. The van der Waals surface area contributed by atoms with E-state index in [4.69, 9.17) is 32.7 Å². The summed E-state index contributed by atoms with van der Waals surface area (Å²) >= 11 is 12.0. The van der Waals surface area contributed by atoms with Crippen molar-refractivity contribution in [2.75, 3.05) is 27.4 Å². The summed E-state index contributed by atoms with van der Waals surface area (Å²) in [4.78, 5) is 12.6. The first-order chi connectivity index (χ1) is 10.8. The van der Waals surface area contributed by atoms with Gasteiger partial charge in [0.2, 0.25) is 5.91 Å². The Morgan fingerprint density at radius 3 is 2.35 bits per heavy atom. The van der Waals surface area contributed by atoms with Crippen LogP contribution in [0.15, 0.2) is 18.2 Å². The molecule has 0 heterocycles. The highest BCUT2D eigenvalue weighted by Crippen LogP contribution is 2.25. The number of amides is 1. The molecule has 0 spiro atoms. The number of methoxy groups -OCH3 is 2. The summed E-state index contributed by atoms with van der Waals surface area (Å²) in [7, 11) is 3.10. The van der Waals surface area contributed by atoms with Crippen LogP contribution in [0, 0.1) is 11.8 Å². The van der Waals surface area contributed by atoms with Crippen LogP contribution in [0.25, 0.3) is 0 Å². The lowest BCUT2D eigenvalue weighted by atomic mass is 9.97. The van der Waals surface area contributed by atoms with Crippen LogP contribution in [0.5, 0.6) is 0 Å². The van der Waals surface area contributed by atoms with E-state index in [2.05, 4.69) is 17.2 Å². The summed E-state index contributed by atoms with van der Waals surface area (Å²) in [5.41, 5.74) is 0.00626. The molecule has 0 aliphatic carbocycles. The maximum Gasteiger partial charge on any atom is 0.231 e. The van der Waals surface area contributed by atoms with Gasteiger partial charge in [-0.15, -0.1) is 0 Å². The van der Waals surface area contributed by atoms with Crippen molar-refractivity contribution in [2.45, 2.75) is 25.3 Å². The van der Waals surface area contributed by atoms with Gasteiger partial charge in [-0.05, 0) is 37.6 Å². The molecule has 0 aliphatic rings. The van der Waals surface area contributed by atoms with Crippen molar-refractivity contribution >= 4 is 29.1 Å². The number of benzene rings is 1. The summed E-state index contributed by atoms with van der Waals surface area (Å²) in [5, 5.41) is 3.85. The van der Waals surface area contributed by atoms with Gasteiger partial charge in [-0.2, -0.15) is 0 Å². The molecule has 1 rings (SSSR count). The monoisotopic (exact) mass is 357 g/mol. The third kappa shape index (κ3) is 6.80. The molecule has 0 radical (unpaired) electrons. The molecule has 126 valence electrons. The van der Waals surface area contributed by atoms with E-state index in [9.17, 15) is 4.79 Å². The Morgan fingerprint density at radius 2 is 1.83 bits per heavy atom. The van der Waals surface area contributed by atoms with Crippen molar-refractivity contribution in [1.29, 1.82) is 0 Å². The second kappa shape index (κ2) is 9.14. The third-order valence-corrected chi connectivity index (χ3v) is 3.43. The molecule has 0 aliphatic heterocycles. The van der Waals surface area contributed by atoms with Crippen LogP contribution in [0.4, 0.5) is 0 Å². The summed E-state index contributed by atoms with van der Waals surface area (Å²) in [5.74, 6) is 5.08. The van der Waals surface area contributed by atoms with Crippen molar-refractivity contribution in [3.05, 3.63) is 33.8 Å². The Balaban J connectivity index is 2.97. The molecular weight excluding hydrogens is 337 g/mol. The first-order valence-corrected chi connectivity index (χ1v) is 7.80. The summed E-state index contributed by atoms with van der Waals surface area (Å²) in [6, 6.07) is 5.04. The molecule has 1 aromatic carbocycles. The molecule has 23 heavy (non-hydrogen) atoms. The van der Waals surface area contributed by atoms with Crippen LogP contribution in [-0.2, 0) is 14.3 Å². The van der Waals surface area contributed by atoms with E-state index < -0.39 is 11.5 Å². The number of halogens is 2. The average molecular weight is 358 g/mol. The molecule has 6 heteroatoms. The molecule has 1 N–H and O–H groups in total. The zero-order chi connectivity index (χ0) is 17.5. The molecule has 4 nitrogen and oxygen atoms in total. The molecule has 1 unspecified atom stereocenters. The van der Waals surface area contributed by atoms with Gasteiger partial charge < -0.3 is 14.8 Å². The Kier molecular flexibility index (Phi) is 7.87. The van der Waals surface area contributed by atoms with Crippen LogP contribution < -0.4 is 5.32 Å². The molecule has 1 amide bonds. The van der Waals surface area contributed by atoms with Crippen LogP contribution in [0.3, 0.4) is 0 Å². The maximum atomic E-state index is 12.6. The number of carbonyl (C=O) groups excluding carboxylic acids is 1. The predicted octanol–water partition coefficient (Wildman–Crippen LogP) is 3.27. The Labute approximate surface area is 147 Å². The molecule has 1 aromatic rings. The average Bonchev–Trinajstić information content (AvgIpc) is 2.43. The normalized spacial score (nSPS) is 12.3. The van der Waals surface area contributed by atoms with Gasteiger partial charge in [-0.25, -0.2) is 0 Å². The van der Waals surface area contributed by atoms with Gasteiger partial charge in [0.15, 0.2) is 0 Å². The number of rotatable bonds is 6. The summed E-state index contributed by atoms with van der Waals surface area (Å²) in [6.07, 6.45) is 0. The van der Waals surface area contributed by atoms with Gasteiger partial charge in [-0.3, -0.25) is 4.79 Å². The minimum absolute atomic E-state index is 0.207. The van der Waals surface area contributed by atoms with Crippen LogP contribution in [-0.4, -0.2) is 38.9 Å². The van der Waals surface area contributed by atoms with Gasteiger partial charge in [-0.1, -0.05) is 35.0 Å². The third-order valence-electron chi connectivity index (χ3n) is 2.99. The topological polar surface area (TPSA) is 47.6 Å². The second-order valence-corrected chi connectivity index (χ2v) is 6.43. The largest absolute Gasteiger partial charge is 0.384 e. The van der Waals surface area contributed by atoms with E-state index in [-0.39, 0.29) is 12.5 Å². The zero-order valence-corrected chi connectivity index (χ0v) is 15.2. The highest BCUT2D eigenvalue weighted by atomic mass is 35.5. The van der Waals surface area contributed by atoms with Crippen molar-refractivity contribution < 1.29 is 14.3 Å². The van der Waals surface area contributed by atoms with Crippen LogP contribution in [0.1, 0.15) is 25.3 Å². The Morgan fingerprint density at radius 1 is 1.22 bits per heavy atom. The van der Waals surface area contributed by atoms with E-state index in [1.165, 1.54) is 7.11 Å². The van der Waals surface area contributed by atoms with Gasteiger partial charge in [0.1, 0.15) is 6.61 Å². The molecule has 0 bridgehead atoms. The Bertz CT molecular complexity index is 585. The molecular formula is C17H21Cl2NO3. The number of hydrogen-bond donors (Lipinski definition) is 1. The number of ether oxygens (including phenoxy) is 2. The predicted molar refractivity (Wildman–Crippen MR) is 93.0 cm³/mol. The number of nitrogens with one attached hydrogen (secondary N) is 1. The Hall–Kier alpha value is -1.25. The highest BCUT2D eigenvalue weighted by molar-refractivity contribution is 6.34. The lowest BCUT2D eigenvalue weighted by Crippen LogP contribution is -2.45. The fourth-order valence-electron chi connectivity index (χ4n) is 2.02. The first-order valence-electron chi connectivity index (χ1n) is 7.05. The van der Waals surface area contributed by atoms with E-state index >= 15 is 0 Å². The number of hydrogen-bond acceptors (Lipinski definition) is 3. The van der Waals surface area contributed by atoms with Gasteiger partial charge in [0.05, 0.1) is 18.1 Å². The highest BCUT2D eigenvalue weighted by Gasteiger charge is 2.26. The quantitative estimate of drug-likeness (QED) is 0.794. The standard InChI is InChI=1S/C17H21Cl2NO3/c1-17(2,6-5-7-22-3)20-16(21)15(11-23-4)12-8-13(18)10-14(19)9-12/h8-10,15H,7,11H2,1-4H3,(H,20,21). The summed E-state index contributed by atoms with van der Waals surface area (Å²) in [6.45, 7) is 4.17. The smallest absolute Gasteiger partial charge is 0.231 e. The van der Waals surface area contributed by atoms with Gasteiger partial charge >= 0.3 is 0 Å². The number of carbonyl (C=O) groups is 1. The van der Waals surface area contributed by atoms with E-state index in [0.29, 0.717) is 22.2 Å². The fraction of sp³-hybridized carbons (Fsp3) is 0.471. The van der Waals surface area contributed by atoms with Crippen molar-refractivity contribution in [1.82, 2.24) is 5.32 Å². The molecule has 0 fully saturated rings. The summed E-state index contributed by atoms with van der Waals surface area (Å²) < 4.78 is 10.1.